The molecular formula is C19H26BNO. The minimum Gasteiger partial charge on any atom is -0.423 e. The van der Waals surface area contributed by atoms with Crippen LogP contribution in [0.4, 0.5) is 0 Å². The lowest BCUT2D eigenvalue weighted by atomic mass is 9.55. The normalized spacial score (nSPS) is 17.6. The average Bonchev–Trinajstić information content (AvgIpc) is 2.55. The minimum absolute atomic E-state index is 0. The lowest BCUT2D eigenvalue weighted by molar-refractivity contribution is 0.173. The molecule has 1 N–H and O–H groups in total. The van der Waals surface area contributed by atoms with E-state index in [0.29, 0.717) is 6.10 Å². The summed E-state index contributed by atoms with van der Waals surface area (Å²) in [6.45, 7) is 4.21. The van der Waals surface area contributed by atoms with Gasteiger partial charge in [0.05, 0.1) is 6.10 Å². The van der Waals surface area contributed by atoms with Crippen molar-refractivity contribution in [3.05, 3.63) is 60.2 Å². The van der Waals surface area contributed by atoms with E-state index in [1.807, 2.05) is 0 Å². The van der Waals surface area contributed by atoms with Crippen LogP contribution >= 0.6 is 0 Å². The molecule has 3 heteroatoms. The number of aryl methyl sites for hydroxylation is 1. The number of benzene rings is 2. The highest BCUT2D eigenvalue weighted by molar-refractivity contribution is 6.80. The van der Waals surface area contributed by atoms with E-state index in [1.54, 1.807) is 0 Å². The van der Waals surface area contributed by atoms with Gasteiger partial charge in [0.15, 0.2) is 0 Å². The molecule has 2 aromatic rings. The fraction of sp³-hybridized carbons (Fsp3) is 0.368. The molecule has 1 heterocycles. The van der Waals surface area contributed by atoms with Crippen LogP contribution in [0, 0.1) is 6.92 Å². The summed E-state index contributed by atoms with van der Waals surface area (Å²) in [6, 6.07) is 19.2. The Kier molecular flexibility index (Phi) is 6.23. The van der Waals surface area contributed by atoms with Crippen molar-refractivity contribution in [2.45, 2.75) is 33.3 Å². The number of piperidine rings is 1. The molecular weight excluding hydrogens is 269 g/mol. The summed E-state index contributed by atoms with van der Waals surface area (Å²) in [5, 5.41) is 3.43. The van der Waals surface area contributed by atoms with Crippen LogP contribution in [0.2, 0.25) is 0 Å². The molecule has 2 aromatic carbocycles. The molecule has 0 aliphatic carbocycles. The zero-order valence-electron chi connectivity index (χ0n) is 12.6. The van der Waals surface area contributed by atoms with Crippen LogP contribution in [-0.4, -0.2) is 26.1 Å². The topological polar surface area (TPSA) is 21.3 Å². The van der Waals surface area contributed by atoms with Crippen molar-refractivity contribution in [2.24, 2.45) is 0 Å². The zero-order valence-corrected chi connectivity index (χ0v) is 12.6. The van der Waals surface area contributed by atoms with E-state index in [9.17, 15) is 0 Å². The highest BCUT2D eigenvalue weighted by Gasteiger charge is 2.26. The van der Waals surface area contributed by atoms with Crippen molar-refractivity contribution in [1.82, 2.24) is 5.32 Å². The first-order chi connectivity index (χ1) is 10.3. The summed E-state index contributed by atoms with van der Waals surface area (Å²) in [7, 11) is 0. The molecule has 1 aliphatic rings. The van der Waals surface area contributed by atoms with Crippen LogP contribution < -0.4 is 16.2 Å². The number of rotatable bonds is 4. The summed E-state index contributed by atoms with van der Waals surface area (Å²) in [6.07, 6.45) is 2.63. The highest BCUT2D eigenvalue weighted by Crippen LogP contribution is 2.08. The van der Waals surface area contributed by atoms with Gasteiger partial charge in [-0.2, -0.15) is 0 Å². The van der Waals surface area contributed by atoms with Crippen LogP contribution in [0.3, 0.4) is 0 Å². The van der Waals surface area contributed by atoms with Gasteiger partial charge < -0.3 is 9.97 Å². The van der Waals surface area contributed by atoms with Gasteiger partial charge in [-0.1, -0.05) is 67.6 Å². The van der Waals surface area contributed by atoms with Gasteiger partial charge in [0.2, 0.25) is 0 Å². The molecule has 0 amide bonds. The van der Waals surface area contributed by atoms with Crippen LogP contribution in [0.1, 0.15) is 25.8 Å². The van der Waals surface area contributed by atoms with Crippen molar-refractivity contribution in [2.75, 3.05) is 13.1 Å². The third-order valence-electron chi connectivity index (χ3n) is 4.06. The number of hydrogen-bond acceptors (Lipinski definition) is 2. The summed E-state index contributed by atoms with van der Waals surface area (Å²) in [4.78, 5) is 0. The largest absolute Gasteiger partial charge is 0.423 e. The Morgan fingerprint density at radius 2 is 1.68 bits per heavy atom. The van der Waals surface area contributed by atoms with Crippen molar-refractivity contribution in [3.8, 4) is 0 Å². The quantitative estimate of drug-likeness (QED) is 0.875. The van der Waals surface area contributed by atoms with E-state index < -0.39 is 0 Å². The Balaban J connectivity index is 0.00000176. The van der Waals surface area contributed by atoms with Gasteiger partial charge in [0.1, 0.15) is 0 Å². The molecule has 1 saturated heterocycles. The second kappa shape index (κ2) is 8.16. The molecule has 0 saturated carbocycles. The molecule has 0 bridgehead atoms. The Morgan fingerprint density at radius 3 is 2.32 bits per heavy atom. The Bertz CT molecular complexity index is 549. The Labute approximate surface area is 135 Å². The van der Waals surface area contributed by atoms with Gasteiger partial charge in [-0.3, -0.25) is 0 Å². The van der Waals surface area contributed by atoms with Crippen LogP contribution in [0.15, 0.2) is 54.6 Å². The highest BCUT2D eigenvalue weighted by atomic mass is 16.4. The molecule has 3 rings (SSSR count). The van der Waals surface area contributed by atoms with Crippen molar-refractivity contribution in [3.63, 3.8) is 0 Å². The first-order valence-corrected chi connectivity index (χ1v) is 7.80. The predicted molar refractivity (Wildman–Crippen MR) is 96.4 cm³/mol. The third kappa shape index (κ3) is 4.22. The number of nitrogens with one attached hydrogen (secondary N) is 1. The van der Waals surface area contributed by atoms with Gasteiger partial charge >= 0.3 is 6.92 Å². The second-order valence-electron chi connectivity index (χ2n) is 5.81. The zero-order chi connectivity index (χ0) is 14.5. The van der Waals surface area contributed by atoms with E-state index in [1.165, 1.54) is 22.9 Å². The first kappa shape index (κ1) is 16.8. The maximum absolute atomic E-state index is 6.44. The first-order valence-electron chi connectivity index (χ1n) is 7.80. The van der Waals surface area contributed by atoms with Crippen LogP contribution in [0.5, 0.6) is 0 Å². The maximum atomic E-state index is 6.44. The molecule has 22 heavy (non-hydrogen) atoms. The summed E-state index contributed by atoms with van der Waals surface area (Å²) in [5.74, 6) is 0. The number of hydrogen-bond donors (Lipinski definition) is 1. The predicted octanol–water partition coefficient (Wildman–Crippen LogP) is 2.51. The molecule has 0 aromatic heterocycles. The molecule has 2 nitrogen and oxygen atoms in total. The molecule has 1 unspecified atom stereocenters. The van der Waals surface area contributed by atoms with Crippen LogP contribution in [-0.2, 0) is 4.65 Å². The average molecular weight is 295 g/mol. The van der Waals surface area contributed by atoms with Crippen LogP contribution in [0.25, 0.3) is 0 Å². The van der Waals surface area contributed by atoms with Crippen molar-refractivity contribution >= 4 is 17.8 Å². The van der Waals surface area contributed by atoms with E-state index in [-0.39, 0.29) is 14.3 Å². The molecule has 116 valence electrons. The van der Waals surface area contributed by atoms with Gasteiger partial charge in [0, 0.05) is 6.54 Å². The smallest absolute Gasteiger partial charge is 0.361 e. The SMILES string of the molecule is C.Cc1ccc(B(OC2CCCNC2)c2ccccc2)cc1. The van der Waals surface area contributed by atoms with Crippen molar-refractivity contribution in [1.29, 1.82) is 0 Å². The summed E-state index contributed by atoms with van der Waals surface area (Å²) < 4.78 is 6.44. The molecule has 1 aliphatic heterocycles. The van der Waals surface area contributed by atoms with E-state index in [4.69, 9.17) is 4.65 Å². The monoisotopic (exact) mass is 295 g/mol. The Morgan fingerprint density at radius 1 is 1.00 bits per heavy atom. The van der Waals surface area contributed by atoms with E-state index in [2.05, 4.69) is 66.8 Å². The molecule has 0 radical (unpaired) electrons. The lowest BCUT2D eigenvalue weighted by Crippen LogP contribution is -2.50. The van der Waals surface area contributed by atoms with Gasteiger partial charge in [0.25, 0.3) is 0 Å². The van der Waals surface area contributed by atoms with E-state index >= 15 is 0 Å². The fourth-order valence-corrected chi connectivity index (χ4v) is 2.85. The van der Waals surface area contributed by atoms with Gasteiger partial charge in [-0.05, 0) is 37.2 Å². The van der Waals surface area contributed by atoms with Crippen molar-refractivity contribution < 1.29 is 4.65 Å². The molecule has 0 spiro atoms. The van der Waals surface area contributed by atoms with E-state index in [0.717, 1.165) is 19.5 Å². The maximum Gasteiger partial charge on any atom is 0.361 e. The standard InChI is InChI=1S/C18H22BNO.CH4/c1-15-9-11-17(12-10-15)19(16-6-3-2-4-7-16)21-18-8-5-13-20-14-18;/h2-4,6-7,9-12,18,20H,5,8,13-14H2,1H3;1H4. The summed E-state index contributed by atoms with van der Waals surface area (Å²) in [5.41, 5.74) is 3.74. The fourth-order valence-electron chi connectivity index (χ4n) is 2.85. The van der Waals surface area contributed by atoms with Gasteiger partial charge in [-0.25, -0.2) is 0 Å². The Hall–Kier alpha value is -1.58. The third-order valence-corrected chi connectivity index (χ3v) is 4.06. The molecule has 1 atom stereocenters. The minimum atomic E-state index is 0. The van der Waals surface area contributed by atoms with Gasteiger partial charge in [-0.15, -0.1) is 0 Å². The second-order valence-corrected chi connectivity index (χ2v) is 5.81. The molecule has 1 fully saturated rings. The summed E-state index contributed by atoms with van der Waals surface area (Å²) >= 11 is 0. The lowest BCUT2D eigenvalue weighted by Gasteiger charge is -2.27.